The molecule has 1 aromatic carbocycles. The number of ether oxygens (including phenoxy) is 1. The van der Waals surface area contributed by atoms with Crippen molar-refractivity contribution in [2.75, 3.05) is 20.2 Å². The van der Waals surface area contributed by atoms with Crippen LogP contribution in [0.2, 0.25) is 0 Å². The Kier molecular flexibility index (Phi) is 4.15. The van der Waals surface area contributed by atoms with Crippen molar-refractivity contribution in [1.82, 2.24) is 5.32 Å². The van der Waals surface area contributed by atoms with Crippen LogP contribution in [0.25, 0.3) is 0 Å². The Labute approximate surface area is 102 Å². The number of hydrogen-bond acceptors (Lipinski definition) is 3. The van der Waals surface area contributed by atoms with Crippen molar-refractivity contribution in [2.45, 2.75) is 25.2 Å². The second kappa shape index (κ2) is 5.82. The van der Waals surface area contributed by atoms with E-state index in [0.29, 0.717) is 12.3 Å². The molecule has 0 amide bonds. The number of carbonyl (C=O) groups is 1. The lowest BCUT2D eigenvalue weighted by Crippen LogP contribution is -2.29. The molecule has 3 heteroatoms. The minimum atomic E-state index is -0.166. The van der Waals surface area contributed by atoms with Crippen LogP contribution in [0.3, 0.4) is 0 Å². The molecule has 1 heterocycles. The van der Waals surface area contributed by atoms with E-state index in [1.54, 1.807) is 0 Å². The Balaban J connectivity index is 2.17. The van der Waals surface area contributed by atoms with E-state index in [4.69, 9.17) is 4.74 Å². The zero-order valence-electron chi connectivity index (χ0n) is 10.2. The molecule has 0 aromatic heterocycles. The van der Waals surface area contributed by atoms with E-state index in [0.717, 1.165) is 18.7 Å². The molecule has 1 atom stereocenters. The fourth-order valence-corrected chi connectivity index (χ4v) is 2.44. The molecule has 1 fully saturated rings. The SMILES string of the molecule is COC(=O)Cc1ccccc1[C@@H]1CCCNC1. The van der Waals surface area contributed by atoms with Crippen LogP contribution in [-0.2, 0) is 16.0 Å². The summed E-state index contributed by atoms with van der Waals surface area (Å²) in [6, 6.07) is 8.19. The fraction of sp³-hybridized carbons (Fsp3) is 0.500. The van der Waals surface area contributed by atoms with E-state index < -0.39 is 0 Å². The van der Waals surface area contributed by atoms with Gasteiger partial charge in [-0.2, -0.15) is 0 Å². The predicted octanol–water partition coefficient (Wildman–Crippen LogP) is 1.87. The molecule has 3 nitrogen and oxygen atoms in total. The Hall–Kier alpha value is -1.35. The van der Waals surface area contributed by atoms with Gasteiger partial charge in [0.25, 0.3) is 0 Å². The van der Waals surface area contributed by atoms with Gasteiger partial charge in [0.1, 0.15) is 0 Å². The molecule has 0 spiro atoms. The van der Waals surface area contributed by atoms with Gasteiger partial charge in [-0.15, -0.1) is 0 Å². The van der Waals surface area contributed by atoms with Gasteiger partial charge in [0.2, 0.25) is 0 Å². The van der Waals surface area contributed by atoms with Crippen molar-refractivity contribution < 1.29 is 9.53 Å². The molecule has 1 aliphatic rings. The van der Waals surface area contributed by atoms with Gasteiger partial charge < -0.3 is 10.1 Å². The lowest BCUT2D eigenvalue weighted by Gasteiger charge is -2.25. The second-order valence-corrected chi connectivity index (χ2v) is 4.49. The zero-order chi connectivity index (χ0) is 12.1. The summed E-state index contributed by atoms with van der Waals surface area (Å²) < 4.78 is 4.74. The average molecular weight is 233 g/mol. The minimum absolute atomic E-state index is 0.166. The standard InChI is InChI=1S/C14H19NO2/c1-17-14(16)9-11-5-2-3-7-13(11)12-6-4-8-15-10-12/h2-3,5,7,12,15H,4,6,8-10H2,1H3/t12-/m1/s1. The van der Waals surface area contributed by atoms with Gasteiger partial charge >= 0.3 is 5.97 Å². The monoisotopic (exact) mass is 233 g/mol. The lowest BCUT2D eigenvalue weighted by atomic mass is 9.87. The van der Waals surface area contributed by atoms with Gasteiger partial charge in [0, 0.05) is 6.54 Å². The van der Waals surface area contributed by atoms with Gasteiger partial charge in [0.15, 0.2) is 0 Å². The van der Waals surface area contributed by atoms with Crippen LogP contribution in [-0.4, -0.2) is 26.2 Å². The van der Waals surface area contributed by atoms with Gasteiger partial charge in [-0.1, -0.05) is 24.3 Å². The van der Waals surface area contributed by atoms with Crippen LogP contribution in [0.15, 0.2) is 24.3 Å². The number of nitrogens with one attached hydrogen (secondary N) is 1. The number of methoxy groups -OCH3 is 1. The summed E-state index contributed by atoms with van der Waals surface area (Å²) in [6.45, 7) is 2.12. The van der Waals surface area contributed by atoms with E-state index in [9.17, 15) is 4.79 Å². The van der Waals surface area contributed by atoms with E-state index >= 15 is 0 Å². The summed E-state index contributed by atoms with van der Waals surface area (Å²) >= 11 is 0. The van der Waals surface area contributed by atoms with Crippen molar-refractivity contribution in [3.63, 3.8) is 0 Å². The Morgan fingerprint density at radius 1 is 1.47 bits per heavy atom. The lowest BCUT2D eigenvalue weighted by molar-refractivity contribution is -0.139. The average Bonchev–Trinajstić information content (AvgIpc) is 2.40. The van der Waals surface area contributed by atoms with Crippen molar-refractivity contribution in [3.05, 3.63) is 35.4 Å². The number of carbonyl (C=O) groups excluding carboxylic acids is 1. The summed E-state index contributed by atoms with van der Waals surface area (Å²) in [5.74, 6) is 0.367. The Bertz CT molecular complexity index is 384. The topological polar surface area (TPSA) is 38.3 Å². The highest BCUT2D eigenvalue weighted by molar-refractivity contribution is 5.73. The number of piperidine rings is 1. The smallest absolute Gasteiger partial charge is 0.309 e. The van der Waals surface area contributed by atoms with Crippen LogP contribution in [0.5, 0.6) is 0 Å². The maximum atomic E-state index is 11.4. The molecule has 1 saturated heterocycles. The number of rotatable bonds is 3. The first-order valence-corrected chi connectivity index (χ1v) is 6.16. The first-order chi connectivity index (χ1) is 8.31. The Morgan fingerprint density at radius 2 is 2.29 bits per heavy atom. The van der Waals surface area contributed by atoms with Gasteiger partial charge in [0.05, 0.1) is 13.5 Å². The molecule has 92 valence electrons. The third-order valence-electron chi connectivity index (χ3n) is 3.35. The van der Waals surface area contributed by atoms with Crippen LogP contribution in [0, 0.1) is 0 Å². The van der Waals surface area contributed by atoms with Crippen molar-refractivity contribution >= 4 is 5.97 Å². The van der Waals surface area contributed by atoms with Crippen LogP contribution in [0.1, 0.15) is 29.9 Å². The molecule has 0 bridgehead atoms. The largest absolute Gasteiger partial charge is 0.469 e. The Morgan fingerprint density at radius 3 is 3.00 bits per heavy atom. The van der Waals surface area contributed by atoms with Gasteiger partial charge in [-0.25, -0.2) is 0 Å². The second-order valence-electron chi connectivity index (χ2n) is 4.49. The molecule has 17 heavy (non-hydrogen) atoms. The number of benzene rings is 1. The summed E-state index contributed by atoms with van der Waals surface area (Å²) in [7, 11) is 1.44. The van der Waals surface area contributed by atoms with Crippen molar-refractivity contribution in [3.8, 4) is 0 Å². The van der Waals surface area contributed by atoms with Crippen molar-refractivity contribution in [2.24, 2.45) is 0 Å². The summed E-state index contributed by atoms with van der Waals surface area (Å²) in [5.41, 5.74) is 2.40. The van der Waals surface area contributed by atoms with Crippen molar-refractivity contribution in [1.29, 1.82) is 0 Å². The molecule has 1 aliphatic heterocycles. The molecule has 0 unspecified atom stereocenters. The maximum absolute atomic E-state index is 11.4. The minimum Gasteiger partial charge on any atom is -0.469 e. The zero-order valence-corrected chi connectivity index (χ0v) is 10.2. The quantitative estimate of drug-likeness (QED) is 0.810. The highest BCUT2D eigenvalue weighted by Gasteiger charge is 2.18. The van der Waals surface area contributed by atoms with E-state index in [2.05, 4.69) is 11.4 Å². The summed E-state index contributed by atoms with van der Waals surface area (Å²) in [6.07, 6.45) is 2.78. The highest BCUT2D eigenvalue weighted by atomic mass is 16.5. The maximum Gasteiger partial charge on any atom is 0.309 e. The van der Waals surface area contributed by atoms with Gasteiger partial charge in [-0.3, -0.25) is 4.79 Å². The molecule has 0 radical (unpaired) electrons. The molecule has 1 aromatic rings. The van der Waals surface area contributed by atoms with Crippen LogP contribution < -0.4 is 5.32 Å². The number of hydrogen-bond donors (Lipinski definition) is 1. The first-order valence-electron chi connectivity index (χ1n) is 6.16. The van der Waals surface area contributed by atoms with E-state index in [1.807, 2.05) is 18.2 Å². The van der Waals surface area contributed by atoms with Crippen LogP contribution >= 0.6 is 0 Å². The first kappa shape index (κ1) is 12.1. The summed E-state index contributed by atoms with van der Waals surface area (Å²) in [4.78, 5) is 11.4. The molecule has 0 aliphatic carbocycles. The number of esters is 1. The predicted molar refractivity (Wildman–Crippen MR) is 67.0 cm³/mol. The third-order valence-corrected chi connectivity index (χ3v) is 3.35. The molecule has 0 saturated carbocycles. The molecular weight excluding hydrogens is 214 g/mol. The molecular formula is C14H19NO2. The van der Waals surface area contributed by atoms with Crippen LogP contribution in [0.4, 0.5) is 0 Å². The highest BCUT2D eigenvalue weighted by Crippen LogP contribution is 2.26. The van der Waals surface area contributed by atoms with Gasteiger partial charge in [-0.05, 0) is 36.4 Å². The summed E-state index contributed by atoms with van der Waals surface area (Å²) in [5, 5.41) is 3.41. The van der Waals surface area contributed by atoms with E-state index in [1.165, 1.54) is 25.5 Å². The fourth-order valence-electron chi connectivity index (χ4n) is 2.44. The molecule has 2 rings (SSSR count). The third kappa shape index (κ3) is 3.07. The normalized spacial score (nSPS) is 19.9. The van der Waals surface area contributed by atoms with E-state index in [-0.39, 0.29) is 5.97 Å². The molecule has 1 N–H and O–H groups in total.